The smallest absolute Gasteiger partial charge is 0.288 e. The van der Waals surface area contributed by atoms with E-state index in [1.54, 1.807) is 24.3 Å². The summed E-state index contributed by atoms with van der Waals surface area (Å²) in [4.78, 5) is 23.5. The van der Waals surface area contributed by atoms with E-state index in [9.17, 15) is 14.9 Å². The van der Waals surface area contributed by atoms with Crippen LogP contribution in [0.5, 0.6) is 0 Å². The normalized spacial score (nSPS) is 11.1. The highest BCUT2D eigenvalue weighted by Crippen LogP contribution is 2.29. The SMILES string of the molecule is O=c1c(N=Nc2cccc(Cl)c2)c(-c2ccccc2)[nH]n1-c1ccc([N+](=O)[O-])cc1. The van der Waals surface area contributed by atoms with E-state index in [1.807, 2.05) is 30.3 Å². The molecule has 1 heterocycles. The summed E-state index contributed by atoms with van der Waals surface area (Å²) in [5, 5.41) is 22.8. The average Bonchev–Trinajstić information content (AvgIpc) is 3.09. The van der Waals surface area contributed by atoms with Crippen molar-refractivity contribution in [2.45, 2.75) is 0 Å². The zero-order valence-corrected chi connectivity index (χ0v) is 16.2. The van der Waals surface area contributed by atoms with Crippen LogP contribution < -0.4 is 5.56 Å². The molecule has 0 bridgehead atoms. The second-order valence-corrected chi connectivity index (χ2v) is 6.73. The Morgan fingerprint density at radius 1 is 0.933 bits per heavy atom. The molecule has 0 aliphatic rings. The maximum Gasteiger partial charge on any atom is 0.299 e. The molecule has 0 saturated heterocycles. The number of H-pyrrole nitrogens is 1. The van der Waals surface area contributed by atoms with Gasteiger partial charge in [0.2, 0.25) is 0 Å². The van der Waals surface area contributed by atoms with Crippen molar-refractivity contribution in [1.82, 2.24) is 9.78 Å². The van der Waals surface area contributed by atoms with E-state index in [1.165, 1.54) is 28.9 Å². The molecule has 1 N–H and O–H groups in total. The van der Waals surface area contributed by atoms with E-state index >= 15 is 0 Å². The summed E-state index contributed by atoms with van der Waals surface area (Å²) in [6, 6.07) is 21.7. The lowest BCUT2D eigenvalue weighted by Crippen LogP contribution is -2.13. The lowest BCUT2D eigenvalue weighted by atomic mass is 10.1. The number of aromatic amines is 1. The van der Waals surface area contributed by atoms with Gasteiger partial charge >= 0.3 is 0 Å². The molecule has 1 aromatic heterocycles. The molecule has 4 rings (SSSR count). The van der Waals surface area contributed by atoms with Crippen LogP contribution in [0.3, 0.4) is 0 Å². The summed E-state index contributed by atoms with van der Waals surface area (Å²) < 4.78 is 1.28. The molecule has 0 unspecified atom stereocenters. The Kier molecular flexibility index (Phi) is 5.23. The maximum atomic E-state index is 13.1. The van der Waals surface area contributed by atoms with Crippen LogP contribution in [0.25, 0.3) is 16.9 Å². The molecule has 3 aromatic carbocycles. The van der Waals surface area contributed by atoms with Gasteiger partial charge in [-0.1, -0.05) is 48.0 Å². The molecule has 4 aromatic rings. The predicted molar refractivity (Wildman–Crippen MR) is 114 cm³/mol. The van der Waals surface area contributed by atoms with Gasteiger partial charge in [-0.3, -0.25) is 20.0 Å². The number of aromatic nitrogens is 2. The molecule has 148 valence electrons. The molecule has 0 atom stereocenters. The van der Waals surface area contributed by atoms with Crippen LogP contribution in [0.4, 0.5) is 17.1 Å². The summed E-state index contributed by atoms with van der Waals surface area (Å²) in [6.45, 7) is 0. The lowest BCUT2D eigenvalue weighted by molar-refractivity contribution is -0.384. The van der Waals surface area contributed by atoms with Gasteiger partial charge in [0.05, 0.1) is 22.0 Å². The molecule has 0 radical (unpaired) electrons. The van der Waals surface area contributed by atoms with Crippen molar-refractivity contribution in [3.8, 4) is 16.9 Å². The van der Waals surface area contributed by atoms with Crippen LogP contribution in [0.15, 0.2) is 93.9 Å². The van der Waals surface area contributed by atoms with Crippen LogP contribution in [-0.2, 0) is 0 Å². The zero-order chi connectivity index (χ0) is 21.1. The van der Waals surface area contributed by atoms with E-state index in [4.69, 9.17) is 11.6 Å². The van der Waals surface area contributed by atoms with E-state index < -0.39 is 10.5 Å². The number of hydrogen-bond acceptors (Lipinski definition) is 5. The van der Waals surface area contributed by atoms with Crippen LogP contribution in [0.1, 0.15) is 0 Å². The molecule has 0 saturated carbocycles. The first-order valence-electron chi connectivity index (χ1n) is 8.85. The standard InChI is InChI=1S/C21H14ClN5O3/c22-15-7-4-8-16(13-15)23-24-20-19(14-5-2-1-3-6-14)25-26(21(20)28)17-9-11-18(12-10-17)27(29)30/h1-13,25H. The third kappa shape index (κ3) is 3.89. The Balaban J connectivity index is 1.83. The number of rotatable bonds is 5. The second kappa shape index (κ2) is 8.14. The van der Waals surface area contributed by atoms with Crippen molar-refractivity contribution >= 4 is 28.7 Å². The molecule has 9 heteroatoms. The summed E-state index contributed by atoms with van der Waals surface area (Å²) in [7, 11) is 0. The van der Waals surface area contributed by atoms with Gasteiger partial charge < -0.3 is 0 Å². The molecule has 30 heavy (non-hydrogen) atoms. The number of azo groups is 1. The molecule has 0 aliphatic heterocycles. The molecule has 0 spiro atoms. The van der Waals surface area contributed by atoms with Crippen molar-refractivity contribution in [3.63, 3.8) is 0 Å². The van der Waals surface area contributed by atoms with Crippen molar-refractivity contribution in [3.05, 3.63) is 104 Å². The highest BCUT2D eigenvalue weighted by Gasteiger charge is 2.17. The number of nitro benzene ring substituents is 1. The third-order valence-corrected chi connectivity index (χ3v) is 4.56. The Morgan fingerprint density at radius 2 is 1.67 bits per heavy atom. The highest BCUT2D eigenvalue weighted by atomic mass is 35.5. The largest absolute Gasteiger partial charge is 0.299 e. The van der Waals surface area contributed by atoms with E-state index in [2.05, 4.69) is 15.3 Å². The number of hydrogen-bond donors (Lipinski definition) is 1. The van der Waals surface area contributed by atoms with Crippen molar-refractivity contribution in [2.24, 2.45) is 10.2 Å². The molecule has 0 fully saturated rings. The van der Waals surface area contributed by atoms with Gasteiger partial charge in [-0.05, 0) is 30.3 Å². The number of benzene rings is 3. The first kappa shape index (κ1) is 19.3. The van der Waals surface area contributed by atoms with Crippen LogP contribution in [0, 0.1) is 10.1 Å². The molecule has 0 amide bonds. The van der Waals surface area contributed by atoms with Gasteiger partial charge in [0, 0.05) is 22.7 Å². The van der Waals surface area contributed by atoms with E-state index in [-0.39, 0.29) is 11.4 Å². The zero-order valence-electron chi connectivity index (χ0n) is 15.4. The Bertz CT molecular complexity index is 1290. The van der Waals surface area contributed by atoms with Crippen molar-refractivity contribution < 1.29 is 4.92 Å². The van der Waals surface area contributed by atoms with Gasteiger partial charge in [0.15, 0.2) is 5.69 Å². The number of non-ortho nitro benzene ring substituents is 1. The van der Waals surface area contributed by atoms with Crippen LogP contribution in [-0.4, -0.2) is 14.7 Å². The molecular weight excluding hydrogens is 406 g/mol. The van der Waals surface area contributed by atoms with E-state index in [0.29, 0.717) is 22.1 Å². The minimum Gasteiger partial charge on any atom is -0.288 e. The number of nitro groups is 1. The highest BCUT2D eigenvalue weighted by molar-refractivity contribution is 6.30. The average molecular weight is 420 g/mol. The Hall–Kier alpha value is -4.04. The third-order valence-electron chi connectivity index (χ3n) is 4.32. The van der Waals surface area contributed by atoms with Gasteiger partial charge in [-0.15, -0.1) is 5.11 Å². The molecule has 8 nitrogen and oxygen atoms in total. The van der Waals surface area contributed by atoms with Gasteiger partial charge in [0.25, 0.3) is 11.2 Å². The Morgan fingerprint density at radius 3 is 2.33 bits per heavy atom. The van der Waals surface area contributed by atoms with Gasteiger partial charge in [0.1, 0.15) is 0 Å². The number of halogens is 1. The van der Waals surface area contributed by atoms with Gasteiger partial charge in [-0.2, -0.15) is 5.11 Å². The fourth-order valence-corrected chi connectivity index (χ4v) is 3.06. The summed E-state index contributed by atoms with van der Waals surface area (Å²) >= 11 is 5.98. The first-order chi connectivity index (χ1) is 14.5. The fraction of sp³-hybridized carbons (Fsp3) is 0. The Labute approximate surface area is 175 Å². The quantitative estimate of drug-likeness (QED) is 0.250. The van der Waals surface area contributed by atoms with Crippen molar-refractivity contribution in [1.29, 1.82) is 0 Å². The van der Waals surface area contributed by atoms with Crippen LogP contribution >= 0.6 is 11.6 Å². The molecule has 0 aliphatic carbocycles. The summed E-state index contributed by atoms with van der Waals surface area (Å²) in [5.74, 6) is 0. The minimum absolute atomic E-state index is 0.0671. The van der Waals surface area contributed by atoms with E-state index in [0.717, 1.165) is 5.56 Å². The predicted octanol–water partition coefficient (Wildman–Crippen LogP) is 5.81. The summed E-state index contributed by atoms with van der Waals surface area (Å²) in [5.41, 5.74) is 1.77. The minimum atomic E-state index is -0.499. The monoisotopic (exact) mass is 419 g/mol. The molecular formula is C21H14ClN5O3. The van der Waals surface area contributed by atoms with Gasteiger partial charge in [-0.25, -0.2) is 4.68 Å². The fourth-order valence-electron chi connectivity index (χ4n) is 2.88. The first-order valence-corrected chi connectivity index (χ1v) is 9.23. The maximum absolute atomic E-state index is 13.1. The summed E-state index contributed by atoms with van der Waals surface area (Å²) in [6.07, 6.45) is 0. The topological polar surface area (TPSA) is 106 Å². The van der Waals surface area contributed by atoms with Crippen molar-refractivity contribution in [2.75, 3.05) is 0 Å². The number of nitrogens with zero attached hydrogens (tertiary/aromatic N) is 4. The number of nitrogens with one attached hydrogen (secondary N) is 1. The van der Waals surface area contributed by atoms with Crippen LogP contribution in [0.2, 0.25) is 5.02 Å². The second-order valence-electron chi connectivity index (χ2n) is 6.30. The lowest BCUT2D eigenvalue weighted by Gasteiger charge is -2.01.